The zero-order valence-corrected chi connectivity index (χ0v) is 13.1. The summed E-state index contributed by atoms with van der Waals surface area (Å²) >= 11 is 13.4. The Kier molecular flexibility index (Phi) is 4.18. The van der Waals surface area contributed by atoms with Crippen LogP contribution in [-0.4, -0.2) is 5.11 Å². The molecule has 1 aromatic heterocycles. The number of halogens is 3. The third-order valence-corrected chi connectivity index (χ3v) is 5.04. The second-order valence-corrected chi connectivity index (χ2v) is 6.75. The first kappa shape index (κ1) is 14.8. The molecule has 1 nitrogen and oxygen atoms in total. The van der Waals surface area contributed by atoms with Gasteiger partial charge in [0.1, 0.15) is 5.82 Å². The third kappa shape index (κ3) is 3.22. The highest BCUT2D eigenvalue weighted by Crippen LogP contribution is 2.33. The van der Waals surface area contributed by atoms with Crippen LogP contribution in [0.4, 0.5) is 4.39 Å². The van der Waals surface area contributed by atoms with Crippen LogP contribution >= 0.6 is 34.5 Å². The monoisotopic (exact) mass is 340 g/mol. The quantitative estimate of drug-likeness (QED) is 0.655. The van der Waals surface area contributed by atoms with Gasteiger partial charge in [0.25, 0.3) is 0 Å². The number of hydrogen-bond acceptors (Lipinski definition) is 2. The molecular formula is C16H11Cl2FOS. The summed E-state index contributed by atoms with van der Waals surface area (Å²) < 4.78 is 14.0. The molecule has 5 heteroatoms. The van der Waals surface area contributed by atoms with Gasteiger partial charge >= 0.3 is 0 Å². The lowest BCUT2D eigenvalue weighted by Gasteiger charge is -2.10. The zero-order chi connectivity index (χ0) is 15.0. The van der Waals surface area contributed by atoms with Crippen molar-refractivity contribution in [2.24, 2.45) is 0 Å². The first-order valence-electron chi connectivity index (χ1n) is 6.34. The Balaban J connectivity index is 1.87. The van der Waals surface area contributed by atoms with E-state index in [9.17, 15) is 9.50 Å². The summed E-state index contributed by atoms with van der Waals surface area (Å²) in [6.07, 6.45) is -0.283. The number of benzene rings is 2. The van der Waals surface area contributed by atoms with Crippen molar-refractivity contribution in [1.29, 1.82) is 0 Å². The van der Waals surface area contributed by atoms with Crippen molar-refractivity contribution in [2.75, 3.05) is 0 Å². The molecule has 0 aliphatic rings. The van der Waals surface area contributed by atoms with E-state index in [1.807, 2.05) is 6.07 Å². The highest BCUT2D eigenvalue weighted by Gasteiger charge is 2.14. The van der Waals surface area contributed by atoms with E-state index in [1.54, 1.807) is 24.3 Å². The molecule has 0 bridgehead atoms. The van der Waals surface area contributed by atoms with E-state index in [0.717, 1.165) is 20.5 Å². The minimum Gasteiger partial charge on any atom is -0.387 e. The highest BCUT2D eigenvalue weighted by molar-refractivity contribution is 7.19. The predicted octanol–water partition coefficient (Wildman–Crippen LogP) is 5.62. The second kappa shape index (κ2) is 5.93. The molecule has 0 saturated heterocycles. The molecule has 0 aliphatic carbocycles. The molecule has 0 aliphatic heterocycles. The Morgan fingerprint density at radius 2 is 1.90 bits per heavy atom. The molecule has 0 amide bonds. The molecule has 2 aromatic carbocycles. The van der Waals surface area contributed by atoms with E-state index in [0.29, 0.717) is 16.5 Å². The summed E-state index contributed by atoms with van der Waals surface area (Å²) in [5, 5.41) is 12.4. The number of aliphatic hydroxyl groups is 1. The summed E-state index contributed by atoms with van der Waals surface area (Å²) in [5.41, 5.74) is 0.831. The number of aliphatic hydroxyl groups excluding tert-OH is 1. The van der Waals surface area contributed by atoms with Crippen LogP contribution in [0, 0.1) is 5.82 Å². The summed E-state index contributed by atoms with van der Waals surface area (Å²) in [6, 6.07) is 11.7. The average molecular weight is 341 g/mol. The van der Waals surface area contributed by atoms with Gasteiger partial charge in [0.15, 0.2) is 0 Å². The highest BCUT2D eigenvalue weighted by atomic mass is 35.5. The van der Waals surface area contributed by atoms with Crippen LogP contribution in [-0.2, 0) is 6.42 Å². The van der Waals surface area contributed by atoms with Gasteiger partial charge in [-0.05, 0) is 41.3 Å². The van der Waals surface area contributed by atoms with Crippen LogP contribution in [0.15, 0.2) is 42.5 Å². The van der Waals surface area contributed by atoms with Gasteiger partial charge in [-0.25, -0.2) is 4.39 Å². The first-order chi connectivity index (χ1) is 10.0. The van der Waals surface area contributed by atoms with Gasteiger partial charge in [-0.1, -0.05) is 35.3 Å². The molecule has 0 radical (unpaired) electrons. The molecule has 1 N–H and O–H groups in total. The maximum atomic E-state index is 13.2. The summed E-state index contributed by atoms with van der Waals surface area (Å²) in [7, 11) is 0. The van der Waals surface area contributed by atoms with Crippen molar-refractivity contribution in [1.82, 2.24) is 0 Å². The molecule has 1 unspecified atom stereocenters. The van der Waals surface area contributed by atoms with Crippen molar-refractivity contribution in [3.8, 4) is 0 Å². The maximum absolute atomic E-state index is 13.2. The zero-order valence-electron chi connectivity index (χ0n) is 10.8. The fourth-order valence-electron chi connectivity index (χ4n) is 2.19. The largest absolute Gasteiger partial charge is 0.387 e. The fourth-order valence-corrected chi connectivity index (χ4v) is 3.75. The SMILES string of the molecule is OC(Cc1ccc(Cl)cc1Cl)c1cc2ccc(F)cc2s1. The van der Waals surface area contributed by atoms with Crippen LogP contribution in [0.1, 0.15) is 16.5 Å². The van der Waals surface area contributed by atoms with Crippen LogP contribution in [0.5, 0.6) is 0 Å². The molecule has 0 fully saturated rings. The molecule has 108 valence electrons. The lowest BCUT2D eigenvalue weighted by atomic mass is 10.1. The van der Waals surface area contributed by atoms with Crippen molar-refractivity contribution in [3.05, 3.63) is 68.8 Å². The molecule has 0 spiro atoms. The normalized spacial score (nSPS) is 12.8. The van der Waals surface area contributed by atoms with E-state index < -0.39 is 6.10 Å². The molecule has 1 atom stereocenters. The van der Waals surface area contributed by atoms with Crippen molar-refractivity contribution < 1.29 is 9.50 Å². The predicted molar refractivity (Wildman–Crippen MR) is 86.9 cm³/mol. The molecule has 3 rings (SSSR count). The Morgan fingerprint density at radius 3 is 2.67 bits per heavy atom. The molecule has 0 saturated carbocycles. The minimum absolute atomic E-state index is 0.272. The minimum atomic E-state index is -0.677. The van der Waals surface area contributed by atoms with E-state index in [-0.39, 0.29) is 5.82 Å². The summed E-state index contributed by atoms with van der Waals surface area (Å²) in [4.78, 5) is 0.793. The molecule has 3 aromatic rings. The summed E-state index contributed by atoms with van der Waals surface area (Å²) in [6.45, 7) is 0. The van der Waals surface area contributed by atoms with E-state index in [1.165, 1.54) is 23.5 Å². The van der Waals surface area contributed by atoms with Crippen LogP contribution in [0.2, 0.25) is 10.0 Å². The van der Waals surface area contributed by atoms with Gasteiger partial charge in [0.2, 0.25) is 0 Å². The Hall–Kier alpha value is -1.13. The van der Waals surface area contributed by atoms with Gasteiger partial charge in [-0.15, -0.1) is 11.3 Å². The van der Waals surface area contributed by atoms with E-state index >= 15 is 0 Å². The van der Waals surface area contributed by atoms with Crippen molar-refractivity contribution in [2.45, 2.75) is 12.5 Å². The van der Waals surface area contributed by atoms with Crippen molar-refractivity contribution in [3.63, 3.8) is 0 Å². The average Bonchev–Trinajstić information content (AvgIpc) is 2.85. The number of rotatable bonds is 3. The van der Waals surface area contributed by atoms with Gasteiger partial charge in [-0.2, -0.15) is 0 Å². The van der Waals surface area contributed by atoms with Gasteiger partial charge in [-0.3, -0.25) is 0 Å². The van der Waals surface area contributed by atoms with Crippen molar-refractivity contribution >= 4 is 44.6 Å². The van der Waals surface area contributed by atoms with Crippen LogP contribution < -0.4 is 0 Å². The molecular weight excluding hydrogens is 330 g/mol. The topological polar surface area (TPSA) is 20.2 Å². The van der Waals surface area contributed by atoms with Crippen LogP contribution in [0.3, 0.4) is 0 Å². The van der Waals surface area contributed by atoms with E-state index in [2.05, 4.69) is 0 Å². The lowest BCUT2D eigenvalue weighted by Crippen LogP contribution is -2.00. The fraction of sp³-hybridized carbons (Fsp3) is 0.125. The first-order valence-corrected chi connectivity index (χ1v) is 7.91. The van der Waals surface area contributed by atoms with E-state index in [4.69, 9.17) is 23.2 Å². The lowest BCUT2D eigenvalue weighted by molar-refractivity contribution is 0.182. The number of hydrogen-bond donors (Lipinski definition) is 1. The Bertz CT molecular complexity index is 800. The van der Waals surface area contributed by atoms with Gasteiger partial charge in [0, 0.05) is 26.0 Å². The Labute approximate surface area is 135 Å². The summed E-state index contributed by atoms with van der Waals surface area (Å²) in [5.74, 6) is -0.272. The third-order valence-electron chi connectivity index (χ3n) is 3.26. The second-order valence-electron chi connectivity index (χ2n) is 4.79. The molecule has 21 heavy (non-hydrogen) atoms. The molecule has 1 heterocycles. The maximum Gasteiger partial charge on any atom is 0.124 e. The number of fused-ring (bicyclic) bond motifs is 1. The number of thiophene rings is 1. The van der Waals surface area contributed by atoms with Gasteiger partial charge < -0.3 is 5.11 Å². The van der Waals surface area contributed by atoms with Gasteiger partial charge in [0.05, 0.1) is 6.10 Å². The van der Waals surface area contributed by atoms with Crippen LogP contribution in [0.25, 0.3) is 10.1 Å². The standard InChI is InChI=1S/C16H11Cl2FOS/c17-11-3-1-9(13(18)7-11)5-14(20)16-6-10-2-4-12(19)8-15(10)21-16/h1-4,6-8,14,20H,5H2. The smallest absolute Gasteiger partial charge is 0.124 e. The Morgan fingerprint density at radius 1 is 1.10 bits per heavy atom.